The molecule has 3 saturated carbocycles. The zero-order chi connectivity index (χ0) is 12.9. The summed E-state index contributed by atoms with van der Waals surface area (Å²) in [7, 11) is 0. The number of fused-ring (bicyclic) bond motifs is 5. The Morgan fingerprint density at radius 2 is 1.94 bits per heavy atom. The summed E-state index contributed by atoms with van der Waals surface area (Å²) in [5, 5.41) is 0. The second-order valence-electron chi connectivity index (χ2n) is 6.71. The number of hydrogen-bond donors (Lipinski definition) is 0. The van der Waals surface area contributed by atoms with E-state index >= 15 is 0 Å². The summed E-state index contributed by atoms with van der Waals surface area (Å²) in [5.74, 6) is 4.10. The molecule has 2 nitrogen and oxygen atoms in total. The smallest absolute Gasteiger partial charge is 0.333 e. The van der Waals surface area contributed by atoms with E-state index < -0.39 is 0 Å². The lowest BCUT2D eigenvalue weighted by Gasteiger charge is -2.32. The molecule has 3 rings (SSSR count). The van der Waals surface area contributed by atoms with Crippen LogP contribution >= 0.6 is 0 Å². The van der Waals surface area contributed by atoms with Crippen molar-refractivity contribution >= 4 is 5.97 Å². The van der Waals surface area contributed by atoms with Crippen LogP contribution < -0.4 is 0 Å². The van der Waals surface area contributed by atoms with Crippen molar-refractivity contribution in [3.63, 3.8) is 0 Å². The highest BCUT2D eigenvalue weighted by Gasteiger charge is 2.54. The molecule has 2 bridgehead atoms. The zero-order valence-corrected chi connectivity index (χ0v) is 11.5. The quantitative estimate of drug-likeness (QED) is 0.564. The Labute approximate surface area is 110 Å². The van der Waals surface area contributed by atoms with Crippen LogP contribution in [-0.2, 0) is 9.53 Å². The van der Waals surface area contributed by atoms with Gasteiger partial charge in [-0.15, -0.1) is 0 Å². The van der Waals surface area contributed by atoms with Gasteiger partial charge in [-0.05, 0) is 75.5 Å². The fourth-order valence-corrected chi connectivity index (χ4v) is 5.03. The minimum atomic E-state index is -0.214. The Bertz CT molecular complexity index is 373. The van der Waals surface area contributed by atoms with Gasteiger partial charge in [0.2, 0.25) is 0 Å². The van der Waals surface area contributed by atoms with Gasteiger partial charge in [0.15, 0.2) is 0 Å². The van der Waals surface area contributed by atoms with E-state index in [-0.39, 0.29) is 12.1 Å². The van der Waals surface area contributed by atoms with Gasteiger partial charge in [0.1, 0.15) is 6.10 Å². The highest BCUT2D eigenvalue weighted by molar-refractivity contribution is 5.87. The van der Waals surface area contributed by atoms with E-state index in [1.165, 1.54) is 32.1 Å². The first-order valence-electron chi connectivity index (χ1n) is 7.44. The standard InChI is InChI=1S/C16H24O2/c1-9(2)16(17)18-10(3)13-6-7-14-11-4-5-12(8-11)15(13)14/h10-15H,1,4-8H2,2-3H3. The van der Waals surface area contributed by atoms with Crippen LogP contribution in [0.25, 0.3) is 0 Å². The first-order valence-corrected chi connectivity index (χ1v) is 7.44. The molecule has 3 fully saturated rings. The molecular formula is C16H24O2. The summed E-state index contributed by atoms with van der Waals surface area (Å²) < 4.78 is 5.57. The van der Waals surface area contributed by atoms with Gasteiger partial charge in [-0.1, -0.05) is 6.58 Å². The van der Waals surface area contributed by atoms with E-state index in [2.05, 4.69) is 13.5 Å². The van der Waals surface area contributed by atoms with Gasteiger partial charge < -0.3 is 4.74 Å². The van der Waals surface area contributed by atoms with Crippen LogP contribution in [0.5, 0.6) is 0 Å². The molecule has 0 N–H and O–H groups in total. The van der Waals surface area contributed by atoms with Crippen molar-refractivity contribution in [2.24, 2.45) is 29.6 Å². The molecule has 18 heavy (non-hydrogen) atoms. The van der Waals surface area contributed by atoms with Gasteiger partial charge in [0.25, 0.3) is 0 Å². The molecule has 0 aromatic heterocycles. The Balaban J connectivity index is 1.66. The lowest BCUT2D eigenvalue weighted by atomic mass is 9.76. The Morgan fingerprint density at radius 1 is 1.22 bits per heavy atom. The van der Waals surface area contributed by atoms with Crippen LogP contribution in [0.2, 0.25) is 0 Å². The van der Waals surface area contributed by atoms with Crippen molar-refractivity contribution in [1.82, 2.24) is 0 Å². The fraction of sp³-hybridized carbons (Fsp3) is 0.812. The molecule has 0 heterocycles. The molecule has 0 aromatic carbocycles. The molecule has 0 aliphatic heterocycles. The van der Waals surface area contributed by atoms with Crippen LogP contribution in [0.4, 0.5) is 0 Å². The van der Waals surface area contributed by atoms with Crippen LogP contribution in [0, 0.1) is 29.6 Å². The average Bonchev–Trinajstić information content (AvgIpc) is 3.01. The number of carbonyl (C=O) groups excluding carboxylic acids is 1. The SMILES string of the molecule is C=C(C)C(=O)OC(C)C1CCC2C3CCC(C3)C21. The van der Waals surface area contributed by atoms with Crippen LogP contribution in [0.3, 0.4) is 0 Å². The molecule has 6 atom stereocenters. The molecule has 6 unspecified atom stereocenters. The van der Waals surface area contributed by atoms with Gasteiger partial charge in [-0.25, -0.2) is 4.79 Å². The second-order valence-corrected chi connectivity index (χ2v) is 6.71. The van der Waals surface area contributed by atoms with E-state index in [1.54, 1.807) is 6.92 Å². The molecule has 0 amide bonds. The third-order valence-corrected chi connectivity index (χ3v) is 5.73. The minimum absolute atomic E-state index is 0.0727. The number of esters is 1. The normalized spacial score (nSPS) is 42.7. The molecular weight excluding hydrogens is 224 g/mol. The minimum Gasteiger partial charge on any atom is -0.459 e. The molecule has 2 heteroatoms. The number of ether oxygens (including phenoxy) is 1. The highest BCUT2D eigenvalue weighted by Crippen LogP contribution is 2.61. The first kappa shape index (κ1) is 12.3. The van der Waals surface area contributed by atoms with Crippen LogP contribution in [-0.4, -0.2) is 12.1 Å². The summed E-state index contributed by atoms with van der Waals surface area (Å²) in [6.07, 6.45) is 7.02. The Hall–Kier alpha value is -0.790. The van der Waals surface area contributed by atoms with E-state index in [9.17, 15) is 4.79 Å². The predicted octanol–water partition coefficient (Wildman–Crippen LogP) is 3.57. The number of rotatable bonds is 3. The molecule has 0 aromatic rings. The van der Waals surface area contributed by atoms with Gasteiger partial charge in [-0.2, -0.15) is 0 Å². The van der Waals surface area contributed by atoms with E-state index in [0.29, 0.717) is 11.5 Å². The maximum absolute atomic E-state index is 11.6. The lowest BCUT2D eigenvalue weighted by molar-refractivity contribution is -0.147. The van der Waals surface area contributed by atoms with Crippen molar-refractivity contribution < 1.29 is 9.53 Å². The largest absolute Gasteiger partial charge is 0.459 e. The molecule has 0 saturated heterocycles. The summed E-state index contributed by atoms with van der Waals surface area (Å²) >= 11 is 0. The first-order chi connectivity index (χ1) is 8.58. The maximum Gasteiger partial charge on any atom is 0.333 e. The van der Waals surface area contributed by atoms with Crippen LogP contribution in [0.15, 0.2) is 12.2 Å². The third kappa shape index (κ3) is 1.81. The maximum atomic E-state index is 11.6. The molecule has 0 spiro atoms. The summed E-state index contributed by atoms with van der Waals surface area (Å²) in [4.78, 5) is 11.6. The monoisotopic (exact) mass is 248 g/mol. The Kier molecular flexibility index (Phi) is 2.99. The second kappa shape index (κ2) is 4.40. The number of hydrogen-bond acceptors (Lipinski definition) is 2. The zero-order valence-electron chi connectivity index (χ0n) is 11.5. The van der Waals surface area contributed by atoms with Gasteiger partial charge in [0.05, 0.1) is 0 Å². The van der Waals surface area contributed by atoms with Crippen molar-refractivity contribution in [1.29, 1.82) is 0 Å². The van der Waals surface area contributed by atoms with Gasteiger partial charge in [0, 0.05) is 5.57 Å². The van der Waals surface area contributed by atoms with Crippen molar-refractivity contribution in [3.05, 3.63) is 12.2 Å². The van der Waals surface area contributed by atoms with Gasteiger partial charge in [-0.3, -0.25) is 0 Å². The molecule has 100 valence electrons. The average molecular weight is 248 g/mol. The summed E-state index contributed by atoms with van der Waals surface area (Å²) in [6, 6.07) is 0. The van der Waals surface area contributed by atoms with E-state index in [1.807, 2.05) is 0 Å². The topological polar surface area (TPSA) is 26.3 Å². The van der Waals surface area contributed by atoms with E-state index in [4.69, 9.17) is 4.74 Å². The molecule has 0 radical (unpaired) electrons. The van der Waals surface area contributed by atoms with Gasteiger partial charge >= 0.3 is 5.97 Å². The highest BCUT2D eigenvalue weighted by atomic mass is 16.5. The predicted molar refractivity (Wildman–Crippen MR) is 70.9 cm³/mol. The summed E-state index contributed by atoms with van der Waals surface area (Å²) in [5.41, 5.74) is 0.518. The van der Waals surface area contributed by atoms with Crippen molar-refractivity contribution in [2.45, 2.75) is 52.1 Å². The lowest BCUT2D eigenvalue weighted by Crippen LogP contribution is -2.31. The van der Waals surface area contributed by atoms with Crippen LogP contribution in [0.1, 0.15) is 46.0 Å². The van der Waals surface area contributed by atoms with Crippen molar-refractivity contribution in [2.75, 3.05) is 0 Å². The summed E-state index contributed by atoms with van der Waals surface area (Å²) in [6.45, 7) is 7.47. The number of carbonyl (C=O) groups is 1. The molecule has 3 aliphatic rings. The van der Waals surface area contributed by atoms with E-state index in [0.717, 1.165) is 23.7 Å². The third-order valence-electron chi connectivity index (χ3n) is 5.73. The molecule has 3 aliphatic carbocycles. The fourth-order valence-electron chi connectivity index (χ4n) is 5.03. The Morgan fingerprint density at radius 3 is 2.67 bits per heavy atom. The van der Waals surface area contributed by atoms with Crippen molar-refractivity contribution in [3.8, 4) is 0 Å².